The molecule has 2 aromatic heterocycles. The van der Waals surface area contributed by atoms with E-state index in [2.05, 4.69) is 10.2 Å². The zero-order valence-corrected chi connectivity index (χ0v) is 17.2. The first-order chi connectivity index (χ1) is 16.5. The van der Waals surface area contributed by atoms with E-state index >= 15 is 0 Å². The molecule has 0 radical (unpaired) electrons. The average Bonchev–Trinajstić information content (AvgIpc) is 3.59. The monoisotopic (exact) mass is 467 g/mol. The highest BCUT2D eigenvalue weighted by Gasteiger charge is 2.31. The van der Waals surface area contributed by atoms with Crippen molar-refractivity contribution in [2.75, 3.05) is 4.90 Å². The van der Waals surface area contributed by atoms with E-state index in [0.717, 1.165) is 4.90 Å². The quantitative estimate of drug-likeness (QED) is 0.175. The maximum absolute atomic E-state index is 15.0. The lowest BCUT2D eigenvalue weighted by molar-refractivity contribution is 0.380. The molecule has 0 aliphatic rings. The third-order valence-corrected chi connectivity index (χ3v) is 5.12. The summed E-state index contributed by atoms with van der Waals surface area (Å²) in [6.07, 6.45) is 6.39. The summed E-state index contributed by atoms with van der Waals surface area (Å²) in [7, 11) is 0. The summed E-state index contributed by atoms with van der Waals surface area (Å²) in [5, 5.41) is 8.25. The lowest BCUT2D eigenvalue weighted by atomic mass is 10.1. The van der Waals surface area contributed by atoms with Crippen LogP contribution in [0.25, 0.3) is 11.4 Å². The molecule has 5 nitrogen and oxygen atoms in total. The second-order valence-electron chi connectivity index (χ2n) is 7.19. The Labute approximate surface area is 189 Å². The van der Waals surface area contributed by atoms with E-state index in [9.17, 15) is 22.0 Å². The lowest BCUT2D eigenvalue weighted by Crippen LogP contribution is -2.17. The number of hydrogen-bond donors (Lipinski definition) is 0. The molecule has 170 valence electrons. The third kappa shape index (κ3) is 3.58. The molecule has 3 aromatic carbocycles. The minimum atomic E-state index is -2.23. The van der Waals surface area contributed by atoms with Gasteiger partial charge in [0.2, 0.25) is 5.82 Å². The molecule has 10 heteroatoms. The van der Waals surface area contributed by atoms with E-state index in [4.69, 9.17) is 0 Å². The van der Waals surface area contributed by atoms with Crippen molar-refractivity contribution in [3.05, 3.63) is 115 Å². The molecule has 34 heavy (non-hydrogen) atoms. The highest BCUT2D eigenvalue weighted by molar-refractivity contribution is 5.79. The van der Waals surface area contributed by atoms with Crippen LogP contribution in [-0.2, 0) is 0 Å². The first-order valence-corrected chi connectivity index (χ1v) is 9.97. The van der Waals surface area contributed by atoms with Gasteiger partial charge in [0.25, 0.3) is 0 Å². The zero-order valence-electron chi connectivity index (χ0n) is 17.2. The summed E-state index contributed by atoms with van der Waals surface area (Å²) < 4.78 is 75.1. The first-order valence-electron chi connectivity index (χ1n) is 9.97. The molecule has 0 unspecified atom stereocenters. The standard InChI is InChI=1S/C24H14F5N5/c25-19-20(26)22(28)24(23(29)21(19)27)34(17-7-1-5-15(13-17)32-11-3-9-30-32)18-8-2-6-16(14-18)33-12-4-10-31-33/h1-14H. The van der Waals surface area contributed by atoms with E-state index in [-0.39, 0.29) is 11.4 Å². The number of aromatic nitrogens is 4. The second-order valence-corrected chi connectivity index (χ2v) is 7.19. The summed E-state index contributed by atoms with van der Waals surface area (Å²) in [5.41, 5.74) is 0.216. The van der Waals surface area contributed by atoms with E-state index < -0.39 is 34.8 Å². The predicted molar refractivity (Wildman–Crippen MR) is 115 cm³/mol. The van der Waals surface area contributed by atoms with Crippen molar-refractivity contribution in [3.8, 4) is 11.4 Å². The van der Waals surface area contributed by atoms with Crippen LogP contribution in [0.3, 0.4) is 0 Å². The Hall–Kier alpha value is -4.47. The summed E-state index contributed by atoms with van der Waals surface area (Å²) >= 11 is 0. The first kappa shape index (κ1) is 21.4. The molecular formula is C24H14F5N5. The van der Waals surface area contributed by atoms with Gasteiger partial charge in [-0.05, 0) is 48.5 Å². The van der Waals surface area contributed by atoms with Gasteiger partial charge in [-0.2, -0.15) is 10.2 Å². The number of anilines is 3. The van der Waals surface area contributed by atoms with Crippen LogP contribution in [0, 0.1) is 29.1 Å². The maximum atomic E-state index is 15.0. The van der Waals surface area contributed by atoms with Crippen molar-refractivity contribution in [2.45, 2.75) is 0 Å². The fraction of sp³-hybridized carbons (Fsp3) is 0. The molecule has 5 aromatic rings. The minimum absolute atomic E-state index is 0.147. The summed E-state index contributed by atoms with van der Waals surface area (Å²) in [6.45, 7) is 0. The fourth-order valence-corrected chi connectivity index (χ4v) is 3.59. The molecular weight excluding hydrogens is 453 g/mol. The summed E-state index contributed by atoms with van der Waals surface area (Å²) in [6, 6.07) is 15.9. The fourth-order valence-electron chi connectivity index (χ4n) is 3.59. The van der Waals surface area contributed by atoms with Crippen molar-refractivity contribution in [3.63, 3.8) is 0 Å². The average molecular weight is 467 g/mol. The largest absolute Gasteiger partial charge is 0.305 e. The van der Waals surface area contributed by atoms with Gasteiger partial charge in [-0.15, -0.1) is 0 Å². The molecule has 0 fully saturated rings. The lowest BCUT2D eigenvalue weighted by Gasteiger charge is -2.27. The Morgan fingerprint density at radius 2 is 1.00 bits per heavy atom. The summed E-state index contributed by atoms with van der Waals surface area (Å²) in [5.74, 6) is -10.2. The van der Waals surface area contributed by atoms with Gasteiger partial charge in [0.15, 0.2) is 23.3 Å². The Morgan fingerprint density at radius 3 is 1.41 bits per heavy atom. The smallest absolute Gasteiger partial charge is 0.200 e. The van der Waals surface area contributed by atoms with Crippen LogP contribution in [-0.4, -0.2) is 19.6 Å². The molecule has 0 atom stereocenters. The zero-order chi connectivity index (χ0) is 23.8. The molecule has 0 spiro atoms. The Bertz CT molecular complexity index is 1360. The number of halogens is 5. The van der Waals surface area contributed by atoms with Gasteiger partial charge in [-0.25, -0.2) is 31.3 Å². The molecule has 0 saturated heterocycles. The third-order valence-electron chi connectivity index (χ3n) is 5.12. The van der Waals surface area contributed by atoms with E-state index in [1.807, 2.05) is 0 Å². The molecule has 0 bridgehead atoms. The highest BCUT2D eigenvalue weighted by atomic mass is 19.2. The molecule has 0 aliphatic carbocycles. The van der Waals surface area contributed by atoms with Crippen molar-refractivity contribution >= 4 is 17.1 Å². The number of nitrogens with zero attached hydrogens (tertiary/aromatic N) is 5. The predicted octanol–water partition coefficient (Wildman–Crippen LogP) is 6.22. The van der Waals surface area contributed by atoms with Crippen LogP contribution in [0.15, 0.2) is 85.5 Å². The van der Waals surface area contributed by atoms with E-state index in [1.54, 1.807) is 61.2 Å². The van der Waals surface area contributed by atoms with Crippen molar-refractivity contribution in [1.82, 2.24) is 19.6 Å². The Morgan fingerprint density at radius 1 is 0.559 bits per heavy atom. The van der Waals surface area contributed by atoms with Crippen molar-refractivity contribution in [1.29, 1.82) is 0 Å². The van der Waals surface area contributed by atoms with Crippen LogP contribution in [0.1, 0.15) is 0 Å². The Kier molecular flexibility index (Phi) is 5.33. The van der Waals surface area contributed by atoms with Gasteiger partial charge in [0, 0.05) is 36.2 Å². The normalized spacial score (nSPS) is 11.1. The molecule has 0 aliphatic heterocycles. The van der Waals surface area contributed by atoms with Crippen molar-refractivity contribution < 1.29 is 22.0 Å². The van der Waals surface area contributed by atoms with Gasteiger partial charge in [0.1, 0.15) is 5.69 Å². The number of benzene rings is 3. The van der Waals surface area contributed by atoms with Gasteiger partial charge in [0.05, 0.1) is 11.4 Å². The van der Waals surface area contributed by atoms with Crippen LogP contribution in [0.5, 0.6) is 0 Å². The summed E-state index contributed by atoms with van der Waals surface area (Å²) in [4.78, 5) is 0.969. The van der Waals surface area contributed by atoms with Gasteiger partial charge < -0.3 is 4.90 Å². The highest BCUT2D eigenvalue weighted by Crippen LogP contribution is 2.41. The van der Waals surface area contributed by atoms with Crippen LogP contribution >= 0.6 is 0 Å². The number of hydrogen-bond acceptors (Lipinski definition) is 3. The minimum Gasteiger partial charge on any atom is -0.305 e. The van der Waals surface area contributed by atoms with Crippen molar-refractivity contribution in [2.24, 2.45) is 0 Å². The topological polar surface area (TPSA) is 38.9 Å². The van der Waals surface area contributed by atoms with E-state index in [1.165, 1.54) is 33.6 Å². The SMILES string of the molecule is Fc1c(F)c(F)c(N(c2cccc(-n3cccn3)c2)c2cccc(-n3cccn3)c2)c(F)c1F. The Balaban J connectivity index is 1.77. The molecule has 0 amide bonds. The van der Waals surface area contributed by atoms with Gasteiger partial charge in [-0.3, -0.25) is 0 Å². The molecule has 5 rings (SSSR count). The van der Waals surface area contributed by atoms with Crippen LogP contribution in [0.4, 0.5) is 39.0 Å². The molecule has 0 N–H and O–H groups in total. The second kappa shape index (κ2) is 8.47. The van der Waals surface area contributed by atoms with Gasteiger partial charge >= 0.3 is 0 Å². The van der Waals surface area contributed by atoms with Crippen LogP contribution in [0.2, 0.25) is 0 Å². The van der Waals surface area contributed by atoms with Gasteiger partial charge in [-0.1, -0.05) is 12.1 Å². The maximum Gasteiger partial charge on any atom is 0.200 e. The molecule has 2 heterocycles. The molecule has 0 saturated carbocycles. The van der Waals surface area contributed by atoms with E-state index in [0.29, 0.717) is 11.4 Å². The van der Waals surface area contributed by atoms with Crippen LogP contribution < -0.4 is 4.90 Å². The number of rotatable bonds is 5.